The summed E-state index contributed by atoms with van der Waals surface area (Å²) in [7, 11) is 1.29. The van der Waals surface area contributed by atoms with Crippen LogP contribution in [0.2, 0.25) is 0 Å². The largest absolute Gasteiger partial charge is 0.465 e. The SMILES string of the molecule is CCCC(=O)Nc1sc(C)c(-c2ccc(F)cc2)c1C(=O)OC. The van der Waals surface area contributed by atoms with Crippen LogP contribution in [0.5, 0.6) is 0 Å². The van der Waals surface area contributed by atoms with Crippen LogP contribution < -0.4 is 5.32 Å². The highest BCUT2D eigenvalue weighted by atomic mass is 32.1. The summed E-state index contributed by atoms with van der Waals surface area (Å²) in [5.74, 6) is -1.03. The van der Waals surface area contributed by atoms with E-state index in [0.717, 1.165) is 4.88 Å². The van der Waals surface area contributed by atoms with E-state index in [2.05, 4.69) is 5.32 Å². The second-order valence-corrected chi connectivity index (χ2v) is 6.26. The highest BCUT2D eigenvalue weighted by Crippen LogP contribution is 2.40. The standard InChI is InChI=1S/C17H18FNO3S/c1-4-5-13(20)19-16-15(17(21)22-3)14(10(2)23-16)11-6-8-12(18)9-7-11/h6-9H,4-5H2,1-3H3,(H,19,20). The van der Waals surface area contributed by atoms with Crippen LogP contribution in [0.15, 0.2) is 24.3 Å². The zero-order chi connectivity index (χ0) is 17.0. The highest BCUT2D eigenvalue weighted by Gasteiger charge is 2.24. The van der Waals surface area contributed by atoms with E-state index >= 15 is 0 Å². The van der Waals surface area contributed by atoms with Gasteiger partial charge in [0.15, 0.2) is 0 Å². The van der Waals surface area contributed by atoms with Gasteiger partial charge in [0.05, 0.1) is 7.11 Å². The molecule has 0 saturated heterocycles. The molecule has 122 valence electrons. The Kier molecular flexibility index (Phi) is 5.50. The van der Waals surface area contributed by atoms with Crippen molar-refractivity contribution in [2.24, 2.45) is 0 Å². The van der Waals surface area contributed by atoms with Gasteiger partial charge in [0.2, 0.25) is 5.91 Å². The molecule has 6 heteroatoms. The maximum Gasteiger partial charge on any atom is 0.341 e. The molecule has 0 aliphatic carbocycles. The van der Waals surface area contributed by atoms with Crippen LogP contribution in [0.25, 0.3) is 11.1 Å². The number of aryl methyl sites for hydroxylation is 1. The molecule has 2 aromatic rings. The summed E-state index contributed by atoms with van der Waals surface area (Å²) in [4.78, 5) is 24.9. The van der Waals surface area contributed by atoms with Crippen molar-refractivity contribution in [3.63, 3.8) is 0 Å². The van der Waals surface area contributed by atoms with Crippen molar-refractivity contribution in [2.45, 2.75) is 26.7 Å². The van der Waals surface area contributed by atoms with Crippen LogP contribution in [0.1, 0.15) is 35.0 Å². The number of rotatable bonds is 5. The first-order valence-electron chi connectivity index (χ1n) is 7.25. The van der Waals surface area contributed by atoms with Gasteiger partial charge in [0, 0.05) is 16.9 Å². The minimum atomic E-state index is -0.527. The fourth-order valence-corrected chi connectivity index (χ4v) is 3.39. The van der Waals surface area contributed by atoms with Crippen molar-refractivity contribution in [1.29, 1.82) is 0 Å². The molecular weight excluding hydrogens is 317 g/mol. The Hall–Kier alpha value is -2.21. The average molecular weight is 335 g/mol. The van der Waals surface area contributed by atoms with Crippen molar-refractivity contribution in [1.82, 2.24) is 0 Å². The van der Waals surface area contributed by atoms with Gasteiger partial charge in [-0.1, -0.05) is 19.1 Å². The van der Waals surface area contributed by atoms with E-state index in [0.29, 0.717) is 34.5 Å². The average Bonchev–Trinajstić information content (AvgIpc) is 2.83. The molecular formula is C17H18FNO3S. The molecule has 0 bridgehead atoms. The number of benzene rings is 1. The lowest BCUT2D eigenvalue weighted by Gasteiger charge is -2.08. The summed E-state index contributed by atoms with van der Waals surface area (Å²) >= 11 is 1.31. The predicted molar refractivity (Wildman–Crippen MR) is 89.3 cm³/mol. The van der Waals surface area contributed by atoms with Crippen LogP contribution in [0, 0.1) is 12.7 Å². The van der Waals surface area contributed by atoms with E-state index in [1.165, 1.54) is 30.6 Å². The van der Waals surface area contributed by atoms with Gasteiger partial charge in [-0.2, -0.15) is 0 Å². The molecule has 0 fully saturated rings. The first kappa shape index (κ1) is 17.1. The smallest absolute Gasteiger partial charge is 0.341 e. The van der Waals surface area contributed by atoms with Crippen molar-refractivity contribution < 1.29 is 18.7 Å². The van der Waals surface area contributed by atoms with Gasteiger partial charge in [0.25, 0.3) is 0 Å². The van der Waals surface area contributed by atoms with Crippen LogP contribution in [-0.2, 0) is 9.53 Å². The van der Waals surface area contributed by atoms with E-state index in [1.807, 2.05) is 13.8 Å². The lowest BCUT2D eigenvalue weighted by molar-refractivity contribution is -0.116. The van der Waals surface area contributed by atoms with Gasteiger partial charge >= 0.3 is 5.97 Å². The molecule has 1 aromatic heterocycles. The summed E-state index contributed by atoms with van der Waals surface area (Å²) in [6.45, 7) is 3.76. The summed E-state index contributed by atoms with van der Waals surface area (Å²) in [6, 6.07) is 5.88. The number of esters is 1. The number of hydrogen-bond acceptors (Lipinski definition) is 4. The number of amides is 1. The maximum atomic E-state index is 13.1. The Balaban J connectivity index is 2.53. The molecule has 0 spiro atoms. The van der Waals surface area contributed by atoms with E-state index in [9.17, 15) is 14.0 Å². The van der Waals surface area contributed by atoms with Crippen LogP contribution in [0.4, 0.5) is 9.39 Å². The number of ether oxygens (including phenoxy) is 1. The molecule has 0 radical (unpaired) electrons. The van der Waals surface area contributed by atoms with Gasteiger partial charge in [-0.3, -0.25) is 4.79 Å². The summed E-state index contributed by atoms with van der Waals surface area (Å²) in [5.41, 5.74) is 1.68. The number of methoxy groups -OCH3 is 1. The topological polar surface area (TPSA) is 55.4 Å². The molecule has 1 N–H and O–H groups in total. The lowest BCUT2D eigenvalue weighted by Crippen LogP contribution is -2.13. The molecule has 0 atom stereocenters. The number of anilines is 1. The monoisotopic (exact) mass is 335 g/mol. The number of nitrogens with one attached hydrogen (secondary N) is 1. The van der Waals surface area contributed by atoms with Crippen LogP contribution in [-0.4, -0.2) is 19.0 Å². The quantitative estimate of drug-likeness (QED) is 0.825. The number of thiophene rings is 1. The zero-order valence-electron chi connectivity index (χ0n) is 13.2. The first-order valence-corrected chi connectivity index (χ1v) is 8.07. The first-order chi connectivity index (χ1) is 11.0. The van der Waals surface area contributed by atoms with Crippen LogP contribution >= 0.6 is 11.3 Å². The lowest BCUT2D eigenvalue weighted by atomic mass is 10.0. The van der Waals surface area contributed by atoms with Crippen LogP contribution in [0.3, 0.4) is 0 Å². The number of hydrogen-bond donors (Lipinski definition) is 1. The van der Waals surface area contributed by atoms with Gasteiger partial charge in [-0.05, 0) is 31.0 Å². The Morgan fingerprint density at radius 1 is 1.26 bits per heavy atom. The van der Waals surface area contributed by atoms with Crippen molar-refractivity contribution in [2.75, 3.05) is 12.4 Å². The van der Waals surface area contributed by atoms with Gasteiger partial charge in [0.1, 0.15) is 16.4 Å². The second-order valence-electron chi connectivity index (χ2n) is 5.03. The van der Waals surface area contributed by atoms with E-state index in [4.69, 9.17) is 4.74 Å². The summed E-state index contributed by atoms with van der Waals surface area (Å²) < 4.78 is 18.0. The third-order valence-corrected chi connectivity index (χ3v) is 4.36. The summed E-state index contributed by atoms with van der Waals surface area (Å²) in [5, 5.41) is 3.24. The normalized spacial score (nSPS) is 10.4. The second kappa shape index (κ2) is 7.37. The van der Waals surface area contributed by atoms with Gasteiger partial charge in [-0.25, -0.2) is 9.18 Å². The molecule has 1 aromatic carbocycles. The third kappa shape index (κ3) is 3.76. The Morgan fingerprint density at radius 2 is 1.91 bits per heavy atom. The van der Waals surface area contributed by atoms with Gasteiger partial charge < -0.3 is 10.1 Å². The molecule has 4 nitrogen and oxygen atoms in total. The van der Waals surface area contributed by atoms with Crippen molar-refractivity contribution in [3.8, 4) is 11.1 Å². The van der Waals surface area contributed by atoms with E-state index in [-0.39, 0.29) is 11.7 Å². The molecule has 23 heavy (non-hydrogen) atoms. The molecule has 2 rings (SSSR count). The van der Waals surface area contributed by atoms with Crippen molar-refractivity contribution >= 4 is 28.2 Å². The molecule has 0 aliphatic rings. The fraction of sp³-hybridized carbons (Fsp3) is 0.294. The van der Waals surface area contributed by atoms with Crippen molar-refractivity contribution in [3.05, 3.63) is 40.5 Å². The van der Waals surface area contributed by atoms with E-state index in [1.54, 1.807) is 12.1 Å². The Bertz CT molecular complexity index is 722. The zero-order valence-corrected chi connectivity index (χ0v) is 14.1. The highest BCUT2D eigenvalue weighted by molar-refractivity contribution is 7.17. The third-order valence-electron chi connectivity index (χ3n) is 3.34. The minimum absolute atomic E-state index is 0.149. The minimum Gasteiger partial charge on any atom is -0.465 e. The van der Waals surface area contributed by atoms with Gasteiger partial charge in [-0.15, -0.1) is 11.3 Å². The molecule has 1 heterocycles. The molecule has 0 unspecified atom stereocenters. The number of carbonyl (C=O) groups excluding carboxylic acids is 2. The predicted octanol–water partition coefficient (Wildman–Crippen LogP) is 4.39. The maximum absolute atomic E-state index is 13.1. The fourth-order valence-electron chi connectivity index (χ4n) is 2.31. The summed E-state index contributed by atoms with van der Waals surface area (Å²) in [6.07, 6.45) is 1.10. The molecule has 1 amide bonds. The molecule has 0 saturated carbocycles. The molecule has 0 aliphatic heterocycles. The number of halogens is 1. The van der Waals surface area contributed by atoms with E-state index < -0.39 is 5.97 Å². The Labute approximate surface area is 138 Å². The number of carbonyl (C=O) groups is 2. The Morgan fingerprint density at radius 3 is 2.48 bits per heavy atom.